The molecular weight excluding hydrogens is 388 g/mol. The maximum atomic E-state index is 12.2. The number of nitrogens with one attached hydrogen (secondary N) is 1. The average Bonchev–Trinajstić information content (AvgIpc) is 3.17. The number of carbonyl (C=O) groups excluding carboxylic acids is 2. The van der Waals surface area contributed by atoms with Crippen LogP contribution < -0.4 is 4.74 Å². The summed E-state index contributed by atoms with van der Waals surface area (Å²) in [5, 5.41) is 10.4. The predicted octanol–water partition coefficient (Wildman–Crippen LogP) is 3.19. The lowest BCUT2D eigenvalue weighted by Gasteiger charge is -2.09. The molecule has 0 fully saturated rings. The van der Waals surface area contributed by atoms with Gasteiger partial charge in [-0.05, 0) is 36.8 Å². The molecule has 0 saturated carbocycles. The second-order valence-corrected chi connectivity index (χ2v) is 6.33. The number of esters is 2. The Morgan fingerprint density at radius 2 is 1.83 bits per heavy atom. The second kappa shape index (κ2) is 9.60. The Morgan fingerprint density at radius 3 is 2.50 bits per heavy atom. The summed E-state index contributed by atoms with van der Waals surface area (Å²) in [6.07, 6.45) is 0.0118. The molecule has 8 heteroatoms. The lowest BCUT2D eigenvalue weighted by Crippen LogP contribution is -2.15. The third kappa shape index (κ3) is 4.96. The summed E-state index contributed by atoms with van der Waals surface area (Å²) in [4.78, 5) is 31.6. The predicted molar refractivity (Wildman–Crippen MR) is 110 cm³/mol. The van der Waals surface area contributed by atoms with Crippen LogP contribution in [0.5, 0.6) is 5.75 Å². The van der Waals surface area contributed by atoms with Crippen LogP contribution in [0.4, 0.5) is 0 Å². The van der Waals surface area contributed by atoms with Crippen molar-refractivity contribution in [2.75, 3.05) is 20.3 Å². The Hall–Kier alpha value is -3.81. The molecule has 2 aromatic carbocycles. The van der Waals surface area contributed by atoms with Gasteiger partial charge in [0, 0.05) is 0 Å². The second-order valence-electron chi connectivity index (χ2n) is 6.33. The molecule has 0 saturated heterocycles. The Labute approximate surface area is 173 Å². The van der Waals surface area contributed by atoms with Crippen LogP contribution in [0.25, 0.3) is 16.6 Å². The lowest BCUT2D eigenvalue weighted by molar-refractivity contribution is -0.143. The molecule has 30 heavy (non-hydrogen) atoms. The standard InChI is InChI=1S/C22H22N2O6/c1-3-29-15-10-8-14(9-11-15)12-19(26)30-13-18(25)20(22(27)28-2)21-23-16-6-4-5-7-17(16)24-21/h4-11,25H,3,12-13H2,1-2H3,(H,23,24)/b20-18+. The summed E-state index contributed by atoms with van der Waals surface area (Å²) in [5.41, 5.74) is 1.85. The van der Waals surface area contributed by atoms with E-state index in [0.717, 1.165) is 5.56 Å². The van der Waals surface area contributed by atoms with Crippen LogP contribution in [0, 0.1) is 0 Å². The monoisotopic (exact) mass is 410 g/mol. The molecule has 0 amide bonds. The number of fused-ring (bicyclic) bond motifs is 1. The molecule has 156 valence electrons. The Bertz CT molecular complexity index is 1040. The van der Waals surface area contributed by atoms with Crippen LogP contribution in [0.15, 0.2) is 54.3 Å². The van der Waals surface area contributed by atoms with Gasteiger partial charge in [0.15, 0.2) is 0 Å². The van der Waals surface area contributed by atoms with Crippen molar-refractivity contribution < 1.29 is 28.9 Å². The van der Waals surface area contributed by atoms with Crippen molar-refractivity contribution in [3.8, 4) is 5.75 Å². The summed E-state index contributed by atoms with van der Waals surface area (Å²) in [6.45, 7) is 1.96. The largest absolute Gasteiger partial charge is 0.508 e. The number of imidazole rings is 1. The Balaban J connectivity index is 1.71. The molecule has 0 bridgehead atoms. The first-order valence-corrected chi connectivity index (χ1v) is 9.34. The number of hydrogen-bond donors (Lipinski definition) is 2. The van der Waals surface area contributed by atoms with Gasteiger partial charge in [-0.2, -0.15) is 0 Å². The minimum atomic E-state index is -0.797. The molecule has 0 atom stereocenters. The van der Waals surface area contributed by atoms with E-state index in [9.17, 15) is 14.7 Å². The Morgan fingerprint density at radius 1 is 1.10 bits per heavy atom. The number of para-hydroxylation sites is 2. The molecule has 0 aliphatic carbocycles. The summed E-state index contributed by atoms with van der Waals surface area (Å²) in [7, 11) is 1.19. The molecule has 0 aliphatic heterocycles. The lowest BCUT2D eigenvalue weighted by atomic mass is 10.1. The maximum absolute atomic E-state index is 12.2. The topological polar surface area (TPSA) is 111 Å². The van der Waals surface area contributed by atoms with E-state index in [1.807, 2.05) is 13.0 Å². The fraction of sp³-hybridized carbons (Fsp3) is 0.227. The normalized spacial score (nSPS) is 11.7. The first-order chi connectivity index (χ1) is 14.5. The van der Waals surface area contributed by atoms with Gasteiger partial charge in [0.05, 0.1) is 31.2 Å². The van der Waals surface area contributed by atoms with E-state index in [4.69, 9.17) is 14.2 Å². The van der Waals surface area contributed by atoms with Gasteiger partial charge in [0.2, 0.25) is 0 Å². The van der Waals surface area contributed by atoms with Crippen molar-refractivity contribution >= 4 is 28.5 Å². The van der Waals surface area contributed by atoms with Gasteiger partial charge >= 0.3 is 11.9 Å². The van der Waals surface area contributed by atoms with Crippen molar-refractivity contribution in [1.29, 1.82) is 0 Å². The van der Waals surface area contributed by atoms with Gasteiger partial charge < -0.3 is 24.3 Å². The number of aromatic nitrogens is 2. The minimum absolute atomic E-state index is 0.0118. The van der Waals surface area contributed by atoms with Gasteiger partial charge in [-0.1, -0.05) is 24.3 Å². The highest BCUT2D eigenvalue weighted by Crippen LogP contribution is 2.21. The zero-order valence-electron chi connectivity index (χ0n) is 16.7. The van der Waals surface area contributed by atoms with Gasteiger partial charge in [-0.3, -0.25) is 4.79 Å². The van der Waals surface area contributed by atoms with Crippen LogP contribution in [-0.4, -0.2) is 47.3 Å². The van der Waals surface area contributed by atoms with Crippen LogP contribution in [0.2, 0.25) is 0 Å². The van der Waals surface area contributed by atoms with Crippen LogP contribution in [0.1, 0.15) is 18.3 Å². The zero-order valence-corrected chi connectivity index (χ0v) is 16.7. The number of aromatic amines is 1. The van der Waals surface area contributed by atoms with Crippen molar-refractivity contribution in [1.82, 2.24) is 9.97 Å². The summed E-state index contributed by atoms with van der Waals surface area (Å²) < 4.78 is 15.2. The van der Waals surface area contributed by atoms with E-state index < -0.39 is 24.3 Å². The molecular formula is C22H22N2O6. The Kier molecular flexibility index (Phi) is 6.69. The third-order valence-corrected chi connectivity index (χ3v) is 4.26. The summed E-state index contributed by atoms with van der Waals surface area (Å²) in [6, 6.07) is 14.2. The molecule has 0 aliphatic rings. The van der Waals surface area contributed by atoms with Crippen molar-refractivity contribution in [2.45, 2.75) is 13.3 Å². The first kappa shape index (κ1) is 20.9. The maximum Gasteiger partial charge on any atom is 0.345 e. The zero-order chi connectivity index (χ0) is 21.5. The highest BCUT2D eigenvalue weighted by Gasteiger charge is 2.23. The molecule has 2 N–H and O–H groups in total. The molecule has 0 unspecified atom stereocenters. The molecule has 3 aromatic rings. The van der Waals surface area contributed by atoms with E-state index in [1.54, 1.807) is 42.5 Å². The number of aliphatic hydroxyl groups is 1. The van der Waals surface area contributed by atoms with Crippen LogP contribution >= 0.6 is 0 Å². The number of hydrogen-bond acceptors (Lipinski definition) is 7. The van der Waals surface area contributed by atoms with Gasteiger partial charge in [0.1, 0.15) is 29.5 Å². The highest BCUT2D eigenvalue weighted by molar-refractivity contribution is 6.16. The van der Waals surface area contributed by atoms with Crippen LogP contribution in [0.3, 0.4) is 0 Å². The average molecular weight is 410 g/mol. The van der Waals surface area contributed by atoms with E-state index in [0.29, 0.717) is 23.4 Å². The fourth-order valence-electron chi connectivity index (χ4n) is 2.83. The highest BCUT2D eigenvalue weighted by atomic mass is 16.5. The number of methoxy groups -OCH3 is 1. The third-order valence-electron chi connectivity index (χ3n) is 4.26. The molecule has 8 nitrogen and oxygen atoms in total. The van der Waals surface area contributed by atoms with Crippen molar-refractivity contribution in [3.05, 3.63) is 65.7 Å². The molecule has 1 heterocycles. The van der Waals surface area contributed by atoms with Gasteiger partial charge in [-0.25, -0.2) is 9.78 Å². The van der Waals surface area contributed by atoms with Gasteiger partial charge in [-0.15, -0.1) is 0 Å². The minimum Gasteiger partial charge on any atom is -0.508 e. The molecule has 0 spiro atoms. The number of carbonyl (C=O) groups is 2. The number of ether oxygens (including phenoxy) is 3. The van der Waals surface area contributed by atoms with E-state index in [2.05, 4.69) is 9.97 Å². The quantitative estimate of drug-likeness (QED) is 0.333. The number of H-pyrrole nitrogens is 1. The smallest absolute Gasteiger partial charge is 0.345 e. The van der Waals surface area contributed by atoms with Gasteiger partial charge in [0.25, 0.3) is 0 Å². The summed E-state index contributed by atoms with van der Waals surface area (Å²) in [5.74, 6) is -0.971. The molecule has 1 aromatic heterocycles. The fourth-order valence-corrected chi connectivity index (χ4v) is 2.83. The number of benzene rings is 2. The first-order valence-electron chi connectivity index (χ1n) is 9.34. The number of rotatable bonds is 8. The van der Waals surface area contributed by atoms with Crippen LogP contribution in [-0.2, 0) is 25.5 Å². The van der Waals surface area contributed by atoms with E-state index in [-0.39, 0.29) is 17.8 Å². The summed E-state index contributed by atoms with van der Waals surface area (Å²) >= 11 is 0. The van der Waals surface area contributed by atoms with Crippen molar-refractivity contribution in [2.24, 2.45) is 0 Å². The number of nitrogens with zero attached hydrogens (tertiary/aromatic N) is 1. The molecule has 3 rings (SSSR count). The van der Waals surface area contributed by atoms with E-state index >= 15 is 0 Å². The number of aliphatic hydroxyl groups excluding tert-OH is 1. The van der Waals surface area contributed by atoms with Crippen molar-refractivity contribution in [3.63, 3.8) is 0 Å². The van der Waals surface area contributed by atoms with E-state index in [1.165, 1.54) is 7.11 Å². The molecule has 0 radical (unpaired) electrons. The SMILES string of the molecule is CCOc1ccc(CC(=O)OC/C(O)=C(\C(=O)OC)c2nc3ccccc3[nH]2)cc1.